The van der Waals surface area contributed by atoms with Gasteiger partial charge in [-0.1, -0.05) is 22.0 Å². The van der Waals surface area contributed by atoms with Crippen molar-refractivity contribution in [3.8, 4) is 0 Å². The molecule has 1 saturated heterocycles. The largest absolute Gasteiger partial charge is 0.481 e. The molecule has 0 radical (unpaired) electrons. The van der Waals surface area contributed by atoms with Crippen LogP contribution >= 0.6 is 15.9 Å². The molecule has 1 heterocycles. The molecule has 1 aromatic rings. The van der Waals surface area contributed by atoms with Crippen LogP contribution in [0.1, 0.15) is 41.6 Å². The zero-order chi connectivity index (χ0) is 15.4. The molecule has 0 spiro atoms. The number of carboxylic acid groups (broad SMARTS) is 1. The van der Waals surface area contributed by atoms with Crippen LogP contribution in [0.25, 0.3) is 0 Å². The minimum Gasteiger partial charge on any atom is -0.481 e. The first kappa shape index (κ1) is 16.0. The Hall–Kier alpha value is -1.36. The lowest BCUT2D eigenvalue weighted by atomic mass is 9.92. The number of nitrogens with zero attached hydrogens (tertiary/aromatic N) is 1. The van der Waals surface area contributed by atoms with Crippen LogP contribution in [0.15, 0.2) is 22.7 Å². The Morgan fingerprint density at radius 1 is 1.43 bits per heavy atom. The SMILES string of the molecule is Cc1c(Br)cccc1C(=O)N1CCCC(CCC(=O)O)C1. The molecule has 21 heavy (non-hydrogen) atoms. The van der Waals surface area contributed by atoms with Crippen molar-refractivity contribution in [2.75, 3.05) is 13.1 Å². The van der Waals surface area contributed by atoms with E-state index in [0.717, 1.165) is 35.0 Å². The molecule has 114 valence electrons. The number of aliphatic carboxylic acids is 1. The quantitative estimate of drug-likeness (QED) is 0.901. The fourth-order valence-electron chi connectivity index (χ4n) is 2.82. The monoisotopic (exact) mass is 353 g/mol. The zero-order valence-electron chi connectivity index (χ0n) is 12.1. The molecule has 1 N–H and O–H groups in total. The third-order valence-electron chi connectivity index (χ3n) is 4.07. The Morgan fingerprint density at radius 2 is 2.19 bits per heavy atom. The standard InChI is InChI=1S/C16H20BrNO3/c1-11-13(5-2-6-14(11)17)16(21)18-9-3-4-12(10-18)7-8-15(19)20/h2,5-6,12H,3-4,7-10H2,1H3,(H,19,20). The summed E-state index contributed by atoms with van der Waals surface area (Å²) in [5.41, 5.74) is 1.68. The predicted octanol–water partition coefficient (Wildman–Crippen LogP) is 3.47. The van der Waals surface area contributed by atoms with Gasteiger partial charge in [0.05, 0.1) is 0 Å². The molecule has 1 amide bonds. The summed E-state index contributed by atoms with van der Waals surface area (Å²) in [5.74, 6) is -0.415. The predicted molar refractivity (Wildman–Crippen MR) is 84.4 cm³/mol. The van der Waals surface area contributed by atoms with Gasteiger partial charge < -0.3 is 10.0 Å². The van der Waals surface area contributed by atoms with E-state index in [-0.39, 0.29) is 12.3 Å². The van der Waals surface area contributed by atoms with E-state index in [0.29, 0.717) is 18.9 Å². The first-order valence-corrected chi connectivity index (χ1v) is 8.04. The van der Waals surface area contributed by atoms with Crippen LogP contribution in [0.4, 0.5) is 0 Å². The van der Waals surface area contributed by atoms with Crippen molar-refractivity contribution in [3.05, 3.63) is 33.8 Å². The van der Waals surface area contributed by atoms with Gasteiger partial charge in [0, 0.05) is 29.5 Å². The molecule has 1 aliphatic rings. The van der Waals surface area contributed by atoms with Gasteiger partial charge in [-0.05, 0) is 49.8 Å². The lowest BCUT2D eigenvalue weighted by molar-refractivity contribution is -0.137. The second-order valence-corrected chi connectivity index (χ2v) is 6.46. The van der Waals surface area contributed by atoms with Crippen molar-refractivity contribution in [2.24, 2.45) is 5.92 Å². The lowest BCUT2D eigenvalue weighted by Gasteiger charge is -2.33. The second kappa shape index (κ2) is 7.07. The van der Waals surface area contributed by atoms with Crippen LogP contribution in [-0.4, -0.2) is 35.0 Å². The molecule has 5 heteroatoms. The average Bonchev–Trinajstić information content (AvgIpc) is 2.47. The number of hydrogen-bond donors (Lipinski definition) is 1. The van der Waals surface area contributed by atoms with E-state index >= 15 is 0 Å². The first-order chi connectivity index (χ1) is 9.99. The van der Waals surface area contributed by atoms with E-state index in [1.54, 1.807) is 0 Å². The average molecular weight is 354 g/mol. The smallest absolute Gasteiger partial charge is 0.303 e. The highest BCUT2D eigenvalue weighted by molar-refractivity contribution is 9.10. The number of halogens is 1. The van der Waals surface area contributed by atoms with Gasteiger partial charge in [0.15, 0.2) is 0 Å². The second-order valence-electron chi connectivity index (χ2n) is 5.60. The Bertz CT molecular complexity index is 544. The van der Waals surface area contributed by atoms with Gasteiger partial charge in [0.2, 0.25) is 0 Å². The number of likely N-dealkylation sites (tertiary alicyclic amines) is 1. The molecule has 1 aliphatic heterocycles. The molecule has 0 bridgehead atoms. The molecule has 0 aliphatic carbocycles. The van der Waals surface area contributed by atoms with Gasteiger partial charge >= 0.3 is 5.97 Å². The summed E-state index contributed by atoms with van der Waals surface area (Å²) in [6.45, 7) is 3.36. The molecule has 2 rings (SSSR count). The van der Waals surface area contributed by atoms with Gasteiger partial charge in [-0.15, -0.1) is 0 Å². The van der Waals surface area contributed by atoms with Gasteiger partial charge in [0.25, 0.3) is 5.91 Å². The molecular formula is C16H20BrNO3. The summed E-state index contributed by atoms with van der Waals surface area (Å²) >= 11 is 3.46. The lowest BCUT2D eigenvalue weighted by Crippen LogP contribution is -2.40. The number of benzene rings is 1. The van der Waals surface area contributed by atoms with E-state index in [4.69, 9.17) is 5.11 Å². The van der Waals surface area contributed by atoms with E-state index < -0.39 is 5.97 Å². The number of rotatable bonds is 4. The molecule has 1 aromatic carbocycles. The van der Waals surface area contributed by atoms with Crippen molar-refractivity contribution < 1.29 is 14.7 Å². The van der Waals surface area contributed by atoms with Crippen LogP contribution in [0.3, 0.4) is 0 Å². The maximum Gasteiger partial charge on any atom is 0.303 e. The van der Waals surface area contributed by atoms with Crippen molar-refractivity contribution in [2.45, 2.75) is 32.6 Å². The van der Waals surface area contributed by atoms with Crippen molar-refractivity contribution >= 4 is 27.8 Å². The fourth-order valence-corrected chi connectivity index (χ4v) is 3.19. The Kier molecular flexibility index (Phi) is 5.39. The summed E-state index contributed by atoms with van der Waals surface area (Å²) < 4.78 is 0.938. The van der Waals surface area contributed by atoms with Gasteiger partial charge in [-0.3, -0.25) is 9.59 Å². The molecular weight excluding hydrogens is 334 g/mol. The minimum atomic E-state index is -0.763. The maximum absolute atomic E-state index is 12.6. The van der Waals surface area contributed by atoms with Gasteiger partial charge in [0.1, 0.15) is 0 Å². The van der Waals surface area contributed by atoms with Crippen molar-refractivity contribution in [1.29, 1.82) is 0 Å². The van der Waals surface area contributed by atoms with Crippen LogP contribution in [0, 0.1) is 12.8 Å². The first-order valence-electron chi connectivity index (χ1n) is 7.25. The number of carbonyl (C=O) groups is 2. The number of carbonyl (C=O) groups excluding carboxylic acids is 1. The molecule has 1 unspecified atom stereocenters. The van der Waals surface area contributed by atoms with Crippen LogP contribution in [0.2, 0.25) is 0 Å². The molecule has 1 atom stereocenters. The maximum atomic E-state index is 12.6. The molecule has 0 saturated carbocycles. The topological polar surface area (TPSA) is 57.6 Å². The number of hydrogen-bond acceptors (Lipinski definition) is 2. The zero-order valence-corrected chi connectivity index (χ0v) is 13.7. The Balaban J connectivity index is 2.05. The third-order valence-corrected chi connectivity index (χ3v) is 4.93. The summed E-state index contributed by atoms with van der Waals surface area (Å²) in [5, 5.41) is 8.78. The van der Waals surface area contributed by atoms with Gasteiger partial charge in [-0.2, -0.15) is 0 Å². The number of piperidine rings is 1. The van der Waals surface area contributed by atoms with Crippen LogP contribution < -0.4 is 0 Å². The van der Waals surface area contributed by atoms with Gasteiger partial charge in [-0.25, -0.2) is 0 Å². The molecule has 4 nitrogen and oxygen atoms in total. The highest BCUT2D eigenvalue weighted by Gasteiger charge is 2.25. The summed E-state index contributed by atoms with van der Waals surface area (Å²) in [4.78, 5) is 25.2. The van der Waals surface area contributed by atoms with E-state index in [1.807, 2.05) is 30.0 Å². The van der Waals surface area contributed by atoms with Crippen LogP contribution in [-0.2, 0) is 4.79 Å². The highest BCUT2D eigenvalue weighted by atomic mass is 79.9. The minimum absolute atomic E-state index is 0.0498. The Morgan fingerprint density at radius 3 is 2.90 bits per heavy atom. The highest BCUT2D eigenvalue weighted by Crippen LogP contribution is 2.25. The normalized spacial score (nSPS) is 18.6. The summed E-state index contributed by atoms with van der Waals surface area (Å²) in [7, 11) is 0. The molecule has 0 aromatic heterocycles. The van der Waals surface area contributed by atoms with E-state index in [2.05, 4.69) is 15.9 Å². The number of amides is 1. The number of carboxylic acids is 1. The van der Waals surface area contributed by atoms with Crippen LogP contribution in [0.5, 0.6) is 0 Å². The van der Waals surface area contributed by atoms with E-state index in [9.17, 15) is 9.59 Å². The fraction of sp³-hybridized carbons (Fsp3) is 0.500. The van der Waals surface area contributed by atoms with Crippen molar-refractivity contribution in [1.82, 2.24) is 4.90 Å². The Labute approximate surface area is 133 Å². The molecule has 1 fully saturated rings. The summed E-state index contributed by atoms with van der Waals surface area (Å²) in [6.07, 6.45) is 2.79. The van der Waals surface area contributed by atoms with E-state index in [1.165, 1.54) is 0 Å². The third kappa shape index (κ3) is 4.06. The summed E-state index contributed by atoms with van der Waals surface area (Å²) in [6, 6.07) is 5.65. The van der Waals surface area contributed by atoms with Crippen molar-refractivity contribution in [3.63, 3.8) is 0 Å².